The van der Waals surface area contributed by atoms with E-state index < -0.39 is 5.97 Å². The molecule has 0 radical (unpaired) electrons. The van der Waals surface area contributed by atoms with Crippen LogP contribution in [0.4, 0.5) is 0 Å². The molecule has 4 heteroatoms. The molecule has 1 aromatic rings. The summed E-state index contributed by atoms with van der Waals surface area (Å²) < 4.78 is 0. The highest BCUT2D eigenvalue weighted by atomic mass is 16.4. The Labute approximate surface area is 118 Å². The predicted molar refractivity (Wildman–Crippen MR) is 74.7 cm³/mol. The molecule has 2 N–H and O–H groups in total. The highest BCUT2D eigenvalue weighted by Gasteiger charge is 2.30. The van der Waals surface area contributed by atoms with E-state index in [1.165, 1.54) is 17.5 Å². The summed E-state index contributed by atoms with van der Waals surface area (Å²) >= 11 is 0. The van der Waals surface area contributed by atoms with Gasteiger partial charge in [-0.2, -0.15) is 0 Å². The number of nitrogens with one attached hydrogen (secondary N) is 1. The zero-order chi connectivity index (χ0) is 14.1. The third kappa shape index (κ3) is 2.55. The number of fused-ring (bicyclic) bond motifs is 1. The molecule has 0 saturated heterocycles. The third-order valence-electron chi connectivity index (χ3n) is 4.48. The van der Waals surface area contributed by atoms with Crippen LogP contribution < -0.4 is 5.32 Å². The van der Waals surface area contributed by atoms with E-state index in [0.717, 1.165) is 19.3 Å². The molecule has 2 aliphatic rings. The molecule has 0 aromatic heterocycles. The summed E-state index contributed by atoms with van der Waals surface area (Å²) in [4.78, 5) is 23.1. The number of amides is 1. The average molecular weight is 273 g/mol. The van der Waals surface area contributed by atoms with Crippen molar-refractivity contribution in [2.75, 3.05) is 0 Å². The lowest BCUT2D eigenvalue weighted by molar-refractivity contribution is -0.141. The van der Waals surface area contributed by atoms with E-state index in [4.69, 9.17) is 5.11 Å². The number of carbonyl (C=O) groups excluding carboxylic acids is 1. The Morgan fingerprint density at radius 2 is 1.95 bits per heavy atom. The summed E-state index contributed by atoms with van der Waals surface area (Å²) in [5, 5.41) is 11.9. The fourth-order valence-corrected chi connectivity index (χ4v) is 3.32. The van der Waals surface area contributed by atoms with Crippen molar-refractivity contribution in [3.05, 3.63) is 34.9 Å². The van der Waals surface area contributed by atoms with Crippen LogP contribution in [0, 0.1) is 5.92 Å². The molecule has 0 spiro atoms. The van der Waals surface area contributed by atoms with Gasteiger partial charge in [-0.1, -0.05) is 6.07 Å². The molecule has 0 heterocycles. The first kappa shape index (κ1) is 13.2. The van der Waals surface area contributed by atoms with Crippen molar-refractivity contribution in [1.29, 1.82) is 0 Å². The fourth-order valence-electron chi connectivity index (χ4n) is 3.32. The zero-order valence-corrected chi connectivity index (χ0v) is 11.4. The highest BCUT2D eigenvalue weighted by Crippen LogP contribution is 2.26. The van der Waals surface area contributed by atoms with Crippen molar-refractivity contribution in [3.63, 3.8) is 0 Å². The van der Waals surface area contributed by atoms with E-state index in [1.54, 1.807) is 0 Å². The second-order valence-electron chi connectivity index (χ2n) is 5.86. The van der Waals surface area contributed by atoms with Crippen LogP contribution in [-0.2, 0) is 17.6 Å². The number of hydrogen-bond acceptors (Lipinski definition) is 2. The number of aliphatic carboxylic acids is 1. The lowest BCUT2D eigenvalue weighted by Gasteiger charge is -2.13. The Morgan fingerprint density at radius 1 is 1.15 bits per heavy atom. The Bertz CT molecular complexity index is 553. The maximum Gasteiger partial charge on any atom is 0.306 e. The normalized spacial score (nSPS) is 24.4. The van der Waals surface area contributed by atoms with Crippen LogP contribution in [0.2, 0.25) is 0 Å². The molecule has 1 aromatic carbocycles. The SMILES string of the molecule is O=C(N[C@H]1CC[C@@H](C(=O)O)C1)c1ccc2c(c1)CCC2. The molecule has 20 heavy (non-hydrogen) atoms. The molecule has 0 aliphatic heterocycles. The smallest absolute Gasteiger partial charge is 0.306 e. The molecular weight excluding hydrogens is 254 g/mol. The van der Waals surface area contributed by atoms with Crippen molar-refractivity contribution in [3.8, 4) is 0 Å². The van der Waals surface area contributed by atoms with Crippen LogP contribution in [0.5, 0.6) is 0 Å². The molecular formula is C16H19NO3. The Balaban J connectivity index is 1.64. The van der Waals surface area contributed by atoms with Crippen LogP contribution in [0.25, 0.3) is 0 Å². The van der Waals surface area contributed by atoms with E-state index >= 15 is 0 Å². The van der Waals surface area contributed by atoms with Gasteiger partial charge in [0, 0.05) is 11.6 Å². The van der Waals surface area contributed by atoms with Gasteiger partial charge in [-0.25, -0.2) is 0 Å². The molecule has 2 atom stereocenters. The van der Waals surface area contributed by atoms with Crippen molar-refractivity contribution < 1.29 is 14.7 Å². The van der Waals surface area contributed by atoms with Gasteiger partial charge in [-0.05, 0) is 61.8 Å². The highest BCUT2D eigenvalue weighted by molar-refractivity contribution is 5.94. The first-order chi connectivity index (χ1) is 9.63. The summed E-state index contributed by atoms with van der Waals surface area (Å²) in [6, 6.07) is 5.91. The summed E-state index contributed by atoms with van der Waals surface area (Å²) in [7, 11) is 0. The van der Waals surface area contributed by atoms with Gasteiger partial charge in [0.1, 0.15) is 0 Å². The molecule has 0 bridgehead atoms. The van der Waals surface area contributed by atoms with Gasteiger partial charge in [0.05, 0.1) is 5.92 Å². The van der Waals surface area contributed by atoms with Gasteiger partial charge in [-0.3, -0.25) is 9.59 Å². The monoisotopic (exact) mass is 273 g/mol. The Kier molecular flexibility index (Phi) is 3.47. The number of benzene rings is 1. The van der Waals surface area contributed by atoms with Gasteiger partial charge in [-0.15, -0.1) is 0 Å². The van der Waals surface area contributed by atoms with Gasteiger partial charge in [0.15, 0.2) is 0 Å². The van der Waals surface area contributed by atoms with Crippen molar-refractivity contribution >= 4 is 11.9 Å². The second-order valence-corrected chi connectivity index (χ2v) is 5.86. The Hall–Kier alpha value is -1.84. The lowest BCUT2D eigenvalue weighted by atomic mass is 10.1. The first-order valence-corrected chi connectivity index (χ1v) is 7.29. The molecule has 0 unspecified atom stereocenters. The number of rotatable bonds is 3. The summed E-state index contributed by atoms with van der Waals surface area (Å²) in [5.41, 5.74) is 3.34. The number of carbonyl (C=O) groups is 2. The maximum atomic E-state index is 12.2. The number of aryl methyl sites for hydroxylation is 2. The van der Waals surface area contributed by atoms with Crippen molar-refractivity contribution in [2.45, 2.75) is 44.6 Å². The summed E-state index contributed by atoms with van der Waals surface area (Å²) in [6.07, 6.45) is 5.30. The fraction of sp³-hybridized carbons (Fsp3) is 0.500. The van der Waals surface area contributed by atoms with E-state index in [0.29, 0.717) is 18.4 Å². The largest absolute Gasteiger partial charge is 0.481 e. The first-order valence-electron chi connectivity index (χ1n) is 7.29. The topological polar surface area (TPSA) is 66.4 Å². The second kappa shape index (κ2) is 5.27. The average Bonchev–Trinajstić information content (AvgIpc) is 3.05. The minimum Gasteiger partial charge on any atom is -0.481 e. The molecule has 1 saturated carbocycles. The predicted octanol–water partition coefficient (Wildman–Crippen LogP) is 2.16. The maximum absolute atomic E-state index is 12.2. The quantitative estimate of drug-likeness (QED) is 0.887. The van der Waals surface area contributed by atoms with Crippen LogP contribution >= 0.6 is 0 Å². The number of hydrogen-bond donors (Lipinski definition) is 2. The standard InChI is InChI=1S/C16H19NO3/c18-15(17-14-7-6-13(9-14)16(19)20)12-5-4-10-2-1-3-11(10)8-12/h4-5,8,13-14H,1-3,6-7,9H2,(H,17,18)(H,19,20)/t13-,14+/m1/s1. The molecule has 1 amide bonds. The van der Waals surface area contributed by atoms with Crippen molar-refractivity contribution in [2.24, 2.45) is 5.92 Å². The summed E-state index contributed by atoms with van der Waals surface area (Å²) in [6.45, 7) is 0. The molecule has 3 rings (SSSR count). The van der Waals surface area contributed by atoms with Gasteiger partial charge < -0.3 is 10.4 Å². The van der Waals surface area contributed by atoms with Gasteiger partial charge in [0.2, 0.25) is 0 Å². The molecule has 106 valence electrons. The zero-order valence-electron chi connectivity index (χ0n) is 11.4. The van der Waals surface area contributed by atoms with E-state index in [1.807, 2.05) is 18.2 Å². The lowest BCUT2D eigenvalue weighted by Crippen LogP contribution is -2.33. The third-order valence-corrected chi connectivity index (χ3v) is 4.48. The van der Waals surface area contributed by atoms with Gasteiger partial charge >= 0.3 is 5.97 Å². The van der Waals surface area contributed by atoms with Crippen molar-refractivity contribution in [1.82, 2.24) is 5.32 Å². The van der Waals surface area contributed by atoms with Gasteiger partial charge in [0.25, 0.3) is 5.91 Å². The number of carboxylic acids is 1. The van der Waals surface area contributed by atoms with Crippen LogP contribution in [0.3, 0.4) is 0 Å². The Morgan fingerprint density at radius 3 is 2.70 bits per heavy atom. The van der Waals surface area contributed by atoms with E-state index in [9.17, 15) is 9.59 Å². The van der Waals surface area contributed by atoms with Crippen LogP contribution in [0.1, 0.15) is 47.2 Å². The molecule has 1 fully saturated rings. The van der Waals surface area contributed by atoms with E-state index in [-0.39, 0.29) is 17.9 Å². The van der Waals surface area contributed by atoms with Crippen LogP contribution in [-0.4, -0.2) is 23.0 Å². The number of carboxylic acid groups (broad SMARTS) is 1. The molecule has 2 aliphatic carbocycles. The van der Waals surface area contributed by atoms with E-state index in [2.05, 4.69) is 5.32 Å². The molecule has 4 nitrogen and oxygen atoms in total. The minimum absolute atomic E-state index is 0.00291. The van der Waals surface area contributed by atoms with Crippen LogP contribution in [0.15, 0.2) is 18.2 Å². The minimum atomic E-state index is -0.751. The summed E-state index contributed by atoms with van der Waals surface area (Å²) in [5.74, 6) is -1.13.